The summed E-state index contributed by atoms with van der Waals surface area (Å²) in [7, 11) is 0. The molecule has 2 aromatic rings. The maximum atomic E-state index is 13.5. The van der Waals surface area contributed by atoms with Crippen molar-refractivity contribution in [2.24, 2.45) is 17.3 Å². The van der Waals surface area contributed by atoms with E-state index in [4.69, 9.17) is 4.74 Å². The van der Waals surface area contributed by atoms with E-state index >= 15 is 0 Å². The Morgan fingerprint density at radius 3 is 2.85 bits per heavy atom. The van der Waals surface area contributed by atoms with Gasteiger partial charge in [0.05, 0.1) is 11.5 Å². The SMILES string of the molecule is C[C@]12CCC3=CC4=C(CC(C(=O)O)CC4=O)O[C@H]3[C@@H]1CC(=O)[C@@H]2c1cccc2cnccc12. The van der Waals surface area contributed by atoms with Gasteiger partial charge in [-0.05, 0) is 46.9 Å². The zero-order valence-corrected chi connectivity index (χ0v) is 18.4. The molecule has 0 spiro atoms. The minimum Gasteiger partial charge on any atom is -0.489 e. The second kappa shape index (κ2) is 7.11. The summed E-state index contributed by atoms with van der Waals surface area (Å²) in [6.45, 7) is 2.20. The van der Waals surface area contributed by atoms with Crippen molar-refractivity contribution < 1.29 is 24.2 Å². The van der Waals surface area contributed by atoms with Crippen LogP contribution in [-0.2, 0) is 19.1 Å². The zero-order valence-electron chi connectivity index (χ0n) is 18.4. The van der Waals surface area contributed by atoms with Gasteiger partial charge in [-0.15, -0.1) is 0 Å². The number of fused-ring (bicyclic) bond motifs is 4. The summed E-state index contributed by atoms with van der Waals surface area (Å²) in [6.07, 6.45) is 7.52. The molecule has 168 valence electrons. The number of ether oxygens (including phenoxy) is 1. The number of hydrogen-bond acceptors (Lipinski definition) is 5. The number of ketones is 2. The molecule has 4 aliphatic rings. The first-order valence-corrected chi connectivity index (χ1v) is 11.6. The molecule has 1 aromatic carbocycles. The quantitative estimate of drug-likeness (QED) is 0.742. The third-order valence-electron chi connectivity index (χ3n) is 8.37. The Bertz CT molecular complexity index is 1290. The highest BCUT2D eigenvalue weighted by Gasteiger charge is 2.59. The maximum absolute atomic E-state index is 13.5. The number of aliphatic carboxylic acids is 1. The van der Waals surface area contributed by atoms with Crippen molar-refractivity contribution in [3.05, 3.63) is 65.2 Å². The van der Waals surface area contributed by atoms with Crippen LogP contribution in [0.15, 0.2) is 59.6 Å². The number of allylic oxidation sites excluding steroid dienone is 3. The Morgan fingerprint density at radius 1 is 1.18 bits per heavy atom. The minimum atomic E-state index is -0.969. The summed E-state index contributed by atoms with van der Waals surface area (Å²) in [5.41, 5.74) is 2.37. The second-order valence-electron chi connectivity index (χ2n) is 10.1. The third kappa shape index (κ3) is 2.93. The van der Waals surface area contributed by atoms with Crippen molar-refractivity contribution in [2.45, 2.75) is 51.0 Å². The van der Waals surface area contributed by atoms with E-state index in [1.807, 2.05) is 30.5 Å². The molecule has 0 radical (unpaired) electrons. The number of Topliss-reactive ketones (excluding diaryl/α,β-unsaturated/α-hetero) is 2. The Morgan fingerprint density at radius 2 is 2.03 bits per heavy atom. The Labute approximate surface area is 191 Å². The fourth-order valence-corrected chi connectivity index (χ4v) is 6.67. The van der Waals surface area contributed by atoms with Crippen LogP contribution in [0.5, 0.6) is 0 Å². The van der Waals surface area contributed by atoms with Crippen molar-refractivity contribution in [1.82, 2.24) is 4.98 Å². The molecular weight excluding hydrogens is 418 g/mol. The summed E-state index contributed by atoms with van der Waals surface area (Å²) < 4.78 is 6.41. The molecule has 1 N–H and O–H groups in total. The van der Waals surface area contributed by atoms with Crippen LogP contribution in [0, 0.1) is 17.3 Å². The largest absolute Gasteiger partial charge is 0.489 e. The lowest BCUT2D eigenvalue weighted by Crippen LogP contribution is -2.44. The van der Waals surface area contributed by atoms with Crippen LogP contribution in [0.2, 0.25) is 0 Å². The number of pyridine rings is 1. The van der Waals surface area contributed by atoms with Crippen LogP contribution in [-0.4, -0.2) is 33.7 Å². The number of carbonyl (C=O) groups excluding carboxylic acids is 2. The number of benzene rings is 1. The van der Waals surface area contributed by atoms with Crippen molar-refractivity contribution in [3.8, 4) is 0 Å². The molecule has 2 saturated carbocycles. The molecule has 6 nitrogen and oxygen atoms in total. The first-order valence-electron chi connectivity index (χ1n) is 11.6. The van der Waals surface area contributed by atoms with E-state index < -0.39 is 11.9 Å². The van der Waals surface area contributed by atoms with Gasteiger partial charge in [-0.3, -0.25) is 19.4 Å². The number of hydrogen-bond donors (Lipinski definition) is 1. The Balaban J connectivity index is 1.38. The van der Waals surface area contributed by atoms with Crippen molar-refractivity contribution in [3.63, 3.8) is 0 Å². The van der Waals surface area contributed by atoms with Crippen molar-refractivity contribution in [2.75, 3.05) is 0 Å². The summed E-state index contributed by atoms with van der Waals surface area (Å²) in [6, 6.07) is 8.05. The van der Waals surface area contributed by atoms with Gasteiger partial charge < -0.3 is 9.84 Å². The van der Waals surface area contributed by atoms with Crippen LogP contribution in [0.4, 0.5) is 0 Å². The van der Waals surface area contributed by atoms with Crippen LogP contribution >= 0.6 is 0 Å². The van der Waals surface area contributed by atoms with Gasteiger partial charge in [0.1, 0.15) is 17.6 Å². The van der Waals surface area contributed by atoms with Crippen molar-refractivity contribution in [1.29, 1.82) is 0 Å². The van der Waals surface area contributed by atoms with Gasteiger partial charge in [-0.2, -0.15) is 0 Å². The molecule has 5 atom stereocenters. The van der Waals surface area contributed by atoms with Crippen LogP contribution in [0.1, 0.15) is 50.5 Å². The molecule has 1 unspecified atom stereocenters. The van der Waals surface area contributed by atoms with Crippen LogP contribution in [0.25, 0.3) is 10.8 Å². The fraction of sp³-hybridized carbons (Fsp3) is 0.407. The molecular formula is C27H25NO5. The zero-order chi connectivity index (χ0) is 22.9. The molecule has 0 saturated heterocycles. The normalized spacial score (nSPS) is 33.2. The van der Waals surface area contributed by atoms with Gasteiger partial charge >= 0.3 is 5.97 Å². The number of nitrogens with zero attached hydrogens (tertiary/aromatic N) is 1. The molecule has 1 aromatic heterocycles. The predicted octanol–water partition coefficient (Wildman–Crippen LogP) is 4.35. The summed E-state index contributed by atoms with van der Waals surface area (Å²) >= 11 is 0. The maximum Gasteiger partial charge on any atom is 0.307 e. The van der Waals surface area contributed by atoms with Gasteiger partial charge in [0.15, 0.2) is 5.78 Å². The van der Waals surface area contributed by atoms with Crippen molar-refractivity contribution >= 4 is 28.3 Å². The van der Waals surface area contributed by atoms with Gasteiger partial charge in [0.2, 0.25) is 0 Å². The predicted molar refractivity (Wildman–Crippen MR) is 120 cm³/mol. The van der Waals surface area contributed by atoms with E-state index in [2.05, 4.69) is 18.0 Å². The van der Waals surface area contributed by atoms with E-state index in [1.165, 1.54) is 0 Å². The minimum absolute atomic E-state index is 0.0125. The monoisotopic (exact) mass is 443 g/mol. The van der Waals surface area contributed by atoms with E-state index in [0.717, 1.165) is 34.8 Å². The Hall–Kier alpha value is -3.28. The molecule has 6 heteroatoms. The lowest BCUT2D eigenvalue weighted by Gasteiger charge is -2.47. The number of carbonyl (C=O) groups is 3. The Kier molecular flexibility index (Phi) is 4.38. The number of carboxylic acid groups (broad SMARTS) is 1. The standard InChI is InChI=1S/C27H25NO5/c1-27-7-5-14-9-19-21(29)10-16(26(31)32)11-23(19)33-25(14)20(27)12-22(30)24(27)18-4-2-3-15-13-28-8-6-17(15)18/h2-4,6,8-9,13,16,20,24-25H,5,7,10-12H2,1H3,(H,31,32)/t16?,20-,24-,25+,27-/m0/s1. The van der Waals surface area contributed by atoms with Gasteiger partial charge in [-0.25, -0.2) is 0 Å². The average Bonchev–Trinajstić information content (AvgIpc) is 3.08. The smallest absolute Gasteiger partial charge is 0.307 e. The highest BCUT2D eigenvalue weighted by molar-refractivity contribution is 6.02. The molecule has 33 heavy (non-hydrogen) atoms. The van der Waals surface area contributed by atoms with Crippen LogP contribution in [0.3, 0.4) is 0 Å². The summed E-state index contributed by atoms with van der Waals surface area (Å²) in [5, 5.41) is 11.5. The highest BCUT2D eigenvalue weighted by atomic mass is 16.5. The number of aromatic nitrogens is 1. The topological polar surface area (TPSA) is 93.6 Å². The summed E-state index contributed by atoms with van der Waals surface area (Å²) in [5.74, 6) is -1.40. The molecule has 1 aliphatic heterocycles. The summed E-state index contributed by atoms with van der Waals surface area (Å²) in [4.78, 5) is 41.9. The first-order chi connectivity index (χ1) is 15.9. The highest BCUT2D eigenvalue weighted by Crippen LogP contribution is 2.61. The van der Waals surface area contributed by atoms with Gasteiger partial charge in [-0.1, -0.05) is 25.1 Å². The van der Waals surface area contributed by atoms with E-state index in [1.54, 1.807) is 6.20 Å². The fourth-order valence-electron chi connectivity index (χ4n) is 6.67. The van der Waals surface area contributed by atoms with Crippen LogP contribution < -0.4 is 0 Å². The first kappa shape index (κ1) is 20.3. The number of rotatable bonds is 2. The lowest BCUT2D eigenvalue weighted by molar-refractivity contribution is -0.144. The third-order valence-corrected chi connectivity index (χ3v) is 8.37. The second-order valence-corrected chi connectivity index (χ2v) is 10.1. The molecule has 2 fully saturated rings. The molecule has 0 amide bonds. The van der Waals surface area contributed by atoms with Gasteiger partial charge in [0, 0.05) is 48.9 Å². The molecule has 2 heterocycles. The average molecular weight is 443 g/mol. The van der Waals surface area contributed by atoms with E-state index in [-0.39, 0.29) is 47.8 Å². The molecule has 3 aliphatic carbocycles. The van der Waals surface area contributed by atoms with E-state index in [9.17, 15) is 19.5 Å². The molecule has 6 rings (SSSR count). The lowest BCUT2D eigenvalue weighted by atomic mass is 9.60. The molecule has 0 bridgehead atoms. The van der Waals surface area contributed by atoms with Gasteiger partial charge in [0.25, 0.3) is 0 Å². The van der Waals surface area contributed by atoms with E-state index in [0.29, 0.717) is 17.8 Å². The number of carboxylic acids is 1.